The maximum atomic E-state index is 5.99. The topological polar surface area (TPSA) is 35.2 Å². The first-order valence-electron chi connectivity index (χ1n) is 5.81. The minimum absolute atomic E-state index is 0.468. The Bertz CT molecular complexity index is 543. The van der Waals surface area contributed by atoms with Crippen molar-refractivity contribution in [1.29, 1.82) is 0 Å². The number of nitrogens with two attached hydrogens (primary N) is 1. The van der Waals surface area contributed by atoms with Gasteiger partial charge in [0.1, 0.15) is 12.4 Å². The number of aryl methyl sites for hydroxylation is 2. The monoisotopic (exact) mass is 261 g/mol. The van der Waals surface area contributed by atoms with E-state index in [0.29, 0.717) is 6.61 Å². The molecule has 0 saturated heterocycles. The van der Waals surface area contributed by atoms with Crippen molar-refractivity contribution in [3.05, 3.63) is 58.1 Å². The lowest BCUT2D eigenvalue weighted by atomic mass is 10.1. The van der Waals surface area contributed by atoms with Gasteiger partial charge < -0.3 is 10.5 Å². The Hall–Kier alpha value is -1.67. The van der Waals surface area contributed by atoms with Crippen molar-refractivity contribution in [3.63, 3.8) is 0 Å². The minimum atomic E-state index is 0.468. The fraction of sp³-hybridized carbons (Fsp3) is 0.200. The summed E-state index contributed by atoms with van der Waals surface area (Å²) in [4.78, 5) is 0. The molecule has 0 unspecified atom stereocenters. The van der Waals surface area contributed by atoms with Crippen LogP contribution < -0.4 is 10.5 Å². The van der Waals surface area contributed by atoms with Crippen LogP contribution in [-0.4, -0.2) is 0 Å². The fourth-order valence-electron chi connectivity index (χ4n) is 1.94. The summed E-state index contributed by atoms with van der Waals surface area (Å²) in [7, 11) is 0. The molecule has 0 bridgehead atoms. The van der Waals surface area contributed by atoms with Crippen molar-refractivity contribution in [1.82, 2.24) is 0 Å². The van der Waals surface area contributed by atoms with E-state index in [2.05, 4.69) is 0 Å². The fourth-order valence-corrected chi connectivity index (χ4v) is 2.27. The first-order valence-corrected chi connectivity index (χ1v) is 6.18. The van der Waals surface area contributed by atoms with Gasteiger partial charge in [-0.3, -0.25) is 0 Å². The Morgan fingerprint density at radius 3 is 2.33 bits per heavy atom. The second-order valence-electron chi connectivity index (χ2n) is 4.36. The van der Waals surface area contributed by atoms with Crippen LogP contribution in [-0.2, 0) is 6.61 Å². The molecule has 94 valence electrons. The lowest BCUT2D eigenvalue weighted by Gasteiger charge is -2.13. The van der Waals surface area contributed by atoms with E-state index >= 15 is 0 Å². The van der Waals surface area contributed by atoms with Gasteiger partial charge in [0, 0.05) is 16.3 Å². The Kier molecular flexibility index (Phi) is 3.78. The number of benzene rings is 2. The highest BCUT2D eigenvalue weighted by Crippen LogP contribution is 2.28. The number of hydrogen-bond acceptors (Lipinski definition) is 2. The molecule has 0 aliphatic heterocycles. The van der Waals surface area contributed by atoms with Crippen LogP contribution in [0.2, 0.25) is 5.02 Å². The van der Waals surface area contributed by atoms with Crippen LogP contribution in [0.3, 0.4) is 0 Å². The third kappa shape index (κ3) is 2.77. The van der Waals surface area contributed by atoms with Crippen LogP contribution in [0.4, 0.5) is 5.69 Å². The number of ether oxygens (including phenoxy) is 1. The molecule has 0 aliphatic carbocycles. The highest BCUT2D eigenvalue weighted by molar-refractivity contribution is 6.30. The summed E-state index contributed by atoms with van der Waals surface area (Å²) in [5.74, 6) is 0.877. The summed E-state index contributed by atoms with van der Waals surface area (Å²) in [5.41, 5.74) is 9.70. The smallest absolute Gasteiger partial charge is 0.125 e. The molecule has 2 aromatic carbocycles. The molecule has 0 amide bonds. The third-order valence-electron chi connectivity index (χ3n) is 2.85. The molecule has 3 heteroatoms. The van der Waals surface area contributed by atoms with Crippen LogP contribution in [0, 0.1) is 13.8 Å². The van der Waals surface area contributed by atoms with Gasteiger partial charge in [-0.05, 0) is 43.2 Å². The van der Waals surface area contributed by atoms with E-state index < -0.39 is 0 Å². The van der Waals surface area contributed by atoms with Crippen molar-refractivity contribution in [3.8, 4) is 5.75 Å². The van der Waals surface area contributed by atoms with Crippen LogP contribution in [0.5, 0.6) is 5.75 Å². The van der Waals surface area contributed by atoms with E-state index in [1.54, 1.807) is 0 Å². The van der Waals surface area contributed by atoms with Crippen LogP contribution in [0.1, 0.15) is 16.7 Å². The van der Waals surface area contributed by atoms with Gasteiger partial charge >= 0.3 is 0 Å². The molecule has 2 aromatic rings. The summed E-state index contributed by atoms with van der Waals surface area (Å²) in [6.45, 7) is 4.45. The SMILES string of the molecule is Cc1cc(Cl)cc(C)c1OCc1ccccc1N. The van der Waals surface area contributed by atoms with Crippen LogP contribution in [0.15, 0.2) is 36.4 Å². The van der Waals surface area contributed by atoms with Crippen LogP contribution in [0.25, 0.3) is 0 Å². The average molecular weight is 262 g/mol. The highest BCUT2D eigenvalue weighted by Gasteiger charge is 2.07. The molecule has 0 fully saturated rings. The summed E-state index contributed by atoms with van der Waals surface area (Å²) in [6, 6.07) is 11.5. The van der Waals surface area contributed by atoms with Crippen molar-refractivity contribution in [2.24, 2.45) is 0 Å². The predicted octanol–water partition coefficient (Wildman–Crippen LogP) is 4.12. The van der Waals surface area contributed by atoms with Gasteiger partial charge in [-0.1, -0.05) is 29.8 Å². The number of para-hydroxylation sites is 1. The van der Waals surface area contributed by atoms with Gasteiger partial charge in [0.2, 0.25) is 0 Å². The molecule has 2 rings (SSSR count). The molecular formula is C15H16ClNO. The molecular weight excluding hydrogens is 246 g/mol. The number of anilines is 1. The summed E-state index contributed by atoms with van der Waals surface area (Å²) >= 11 is 5.99. The summed E-state index contributed by atoms with van der Waals surface area (Å²) in [5, 5.41) is 0.733. The zero-order valence-electron chi connectivity index (χ0n) is 10.5. The van der Waals surface area contributed by atoms with E-state index in [9.17, 15) is 0 Å². The predicted molar refractivity (Wildman–Crippen MR) is 76.1 cm³/mol. The second-order valence-corrected chi connectivity index (χ2v) is 4.79. The van der Waals surface area contributed by atoms with Gasteiger partial charge in [0.05, 0.1) is 0 Å². The molecule has 18 heavy (non-hydrogen) atoms. The van der Waals surface area contributed by atoms with Crippen molar-refractivity contribution >= 4 is 17.3 Å². The zero-order chi connectivity index (χ0) is 13.1. The second kappa shape index (κ2) is 5.32. The van der Waals surface area contributed by atoms with Gasteiger partial charge in [-0.15, -0.1) is 0 Å². The van der Waals surface area contributed by atoms with Gasteiger partial charge in [0.15, 0.2) is 0 Å². The first kappa shape index (κ1) is 12.8. The van der Waals surface area contributed by atoms with Gasteiger partial charge in [0.25, 0.3) is 0 Å². The third-order valence-corrected chi connectivity index (χ3v) is 3.07. The molecule has 0 aromatic heterocycles. The van der Waals surface area contributed by atoms with E-state index in [4.69, 9.17) is 22.1 Å². The highest BCUT2D eigenvalue weighted by atomic mass is 35.5. The summed E-state index contributed by atoms with van der Waals surface area (Å²) < 4.78 is 5.85. The number of nitrogen functional groups attached to an aromatic ring is 1. The van der Waals surface area contributed by atoms with E-state index in [-0.39, 0.29) is 0 Å². The first-order chi connectivity index (χ1) is 8.58. The number of rotatable bonds is 3. The van der Waals surface area contributed by atoms with Crippen molar-refractivity contribution < 1.29 is 4.74 Å². The maximum Gasteiger partial charge on any atom is 0.125 e. The molecule has 0 heterocycles. The Morgan fingerprint density at radius 2 is 1.72 bits per heavy atom. The van der Waals surface area contributed by atoms with Gasteiger partial charge in [-0.25, -0.2) is 0 Å². The molecule has 2 nitrogen and oxygen atoms in total. The lowest BCUT2D eigenvalue weighted by molar-refractivity contribution is 0.302. The molecule has 0 aliphatic rings. The molecule has 0 saturated carbocycles. The summed E-state index contributed by atoms with van der Waals surface area (Å²) in [6.07, 6.45) is 0. The standard InChI is InChI=1S/C15H16ClNO/c1-10-7-13(16)8-11(2)15(10)18-9-12-5-3-4-6-14(12)17/h3-8H,9,17H2,1-2H3. The Labute approximate surface area is 112 Å². The molecule has 0 atom stereocenters. The number of halogens is 1. The lowest BCUT2D eigenvalue weighted by Crippen LogP contribution is -2.02. The van der Waals surface area contributed by atoms with E-state index in [0.717, 1.165) is 33.1 Å². The largest absolute Gasteiger partial charge is 0.488 e. The van der Waals surface area contributed by atoms with E-state index in [1.165, 1.54) is 0 Å². The number of hydrogen-bond donors (Lipinski definition) is 1. The van der Waals surface area contributed by atoms with Gasteiger partial charge in [-0.2, -0.15) is 0 Å². The zero-order valence-corrected chi connectivity index (χ0v) is 11.3. The maximum absolute atomic E-state index is 5.99. The van der Waals surface area contributed by atoms with Crippen molar-refractivity contribution in [2.75, 3.05) is 5.73 Å². The Morgan fingerprint density at radius 1 is 1.11 bits per heavy atom. The molecule has 2 N–H and O–H groups in total. The quantitative estimate of drug-likeness (QED) is 0.844. The molecule has 0 spiro atoms. The average Bonchev–Trinajstić information content (AvgIpc) is 2.30. The Balaban J connectivity index is 2.19. The van der Waals surface area contributed by atoms with Crippen molar-refractivity contribution in [2.45, 2.75) is 20.5 Å². The minimum Gasteiger partial charge on any atom is -0.488 e. The van der Waals surface area contributed by atoms with E-state index in [1.807, 2.05) is 50.2 Å². The molecule has 0 radical (unpaired) electrons. The van der Waals surface area contributed by atoms with Crippen LogP contribution >= 0.6 is 11.6 Å². The normalized spacial score (nSPS) is 10.4.